The minimum atomic E-state index is -0.175. The Morgan fingerprint density at radius 1 is 1.00 bits per heavy atom. The number of benzene rings is 3. The second-order valence-corrected chi connectivity index (χ2v) is 8.17. The fraction of sp³-hybridized carbons (Fsp3) is 0.120. The molecule has 3 aromatic carbocycles. The largest absolute Gasteiger partial charge is 0.350 e. The molecule has 0 saturated carbocycles. The molecule has 1 amide bonds. The van der Waals surface area contributed by atoms with E-state index in [1.165, 1.54) is 17.1 Å². The molecule has 164 valence electrons. The van der Waals surface area contributed by atoms with Crippen LogP contribution in [0.25, 0.3) is 21.8 Å². The molecule has 0 radical (unpaired) electrons. The Kier molecular flexibility index (Phi) is 5.62. The van der Waals surface area contributed by atoms with Crippen molar-refractivity contribution >= 4 is 39.3 Å². The second kappa shape index (κ2) is 8.88. The van der Waals surface area contributed by atoms with Gasteiger partial charge in [-0.15, -0.1) is 0 Å². The monoisotopic (exact) mass is 457 g/mol. The van der Waals surface area contributed by atoms with Crippen molar-refractivity contribution in [3.63, 3.8) is 0 Å². The molecule has 5 rings (SSSR count). The lowest BCUT2D eigenvalue weighted by Crippen LogP contribution is -2.27. The maximum Gasteiger partial charge on any atom is 0.264 e. The number of carbonyl (C=O) groups is 1. The molecule has 0 saturated heterocycles. The Labute approximate surface area is 194 Å². The molecule has 0 atom stereocenters. The molecule has 0 spiro atoms. The molecule has 2 aromatic heterocycles. The van der Waals surface area contributed by atoms with Gasteiger partial charge < -0.3 is 5.32 Å². The summed E-state index contributed by atoms with van der Waals surface area (Å²) in [7, 11) is 0. The Morgan fingerprint density at radius 2 is 1.85 bits per heavy atom. The number of carbonyl (C=O) groups excluding carboxylic acids is 1. The van der Waals surface area contributed by atoms with E-state index in [1.54, 1.807) is 10.7 Å². The van der Waals surface area contributed by atoms with E-state index < -0.39 is 0 Å². The standard InChI is InChI=1S/C25H20ClN5O2/c26-21-7-3-4-17(12-21)15-30-16-28-23-22(25(30)33)14-29-31(23)11-10-27-24(32)20-9-8-18-5-1-2-6-19(18)13-20/h1-9,12-14,16H,10-11,15H2,(H,27,32). The Balaban J connectivity index is 1.27. The highest BCUT2D eigenvalue weighted by Gasteiger charge is 2.12. The van der Waals surface area contributed by atoms with Gasteiger partial charge >= 0.3 is 0 Å². The number of halogens is 1. The lowest BCUT2D eigenvalue weighted by molar-refractivity contribution is 0.0952. The van der Waals surface area contributed by atoms with Gasteiger partial charge in [0.05, 0.1) is 19.3 Å². The number of aromatic nitrogens is 4. The zero-order chi connectivity index (χ0) is 22.8. The van der Waals surface area contributed by atoms with Gasteiger partial charge in [-0.25, -0.2) is 9.67 Å². The number of hydrogen-bond donors (Lipinski definition) is 1. The smallest absolute Gasteiger partial charge is 0.264 e. The number of amides is 1. The summed E-state index contributed by atoms with van der Waals surface area (Å²) in [6.07, 6.45) is 3.03. The molecule has 0 unspecified atom stereocenters. The Hall–Kier alpha value is -3.97. The summed E-state index contributed by atoms with van der Waals surface area (Å²) >= 11 is 6.04. The first-order chi connectivity index (χ1) is 16.1. The summed E-state index contributed by atoms with van der Waals surface area (Å²) in [5.41, 5.74) is 1.82. The van der Waals surface area contributed by atoms with Crippen LogP contribution in [-0.4, -0.2) is 31.8 Å². The zero-order valence-electron chi connectivity index (χ0n) is 17.6. The van der Waals surface area contributed by atoms with Gasteiger partial charge in [0.15, 0.2) is 5.65 Å². The van der Waals surface area contributed by atoms with E-state index in [0.29, 0.717) is 41.3 Å². The minimum Gasteiger partial charge on any atom is -0.350 e. The first-order valence-corrected chi connectivity index (χ1v) is 10.9. The first-order valence-electron chi connectivity index (χ1n) is 10.5. The molecule has 0 fully saturated rings. The minimum absolute atomic E-state index is 0.158. The van der Waals surface area contributed by atoms with Gasteiger partial charge in [-0.3, -0.25) is 14.2 Å². The van der Waals surface area contributed by atoms with Crippen LogP contribution in [0.1, 0.15) is 15.9 Å². The van der Waals surface area contributed by atoms with Crippen LogP contribution in [0.4, 0.5) is 0 Å². The van der Waals surface area contributed by atoms with Crippen molar-refractivity contribution < 1.29 is 4.79 Å². The molecule has 33 heavy (non-hydrogen) atoms. The maximum absolute atomic E-state index is 12.9. The number of fused-ring (bicyclic) bond motifs is 2. The number of nitrogens with zero attached hydrogens (tertiary/aromatic N) is 4. The molecule has 2 heterocycles. The predicted octanol–water partition coefficient (Wildman–Crippen LogP) is 3.88. The maximum atomic E-state index is 12.9. The summed E-state index contributed by atoms with van der Waals surface area (Å²) in [6, 6.07) is 20.9. The molecular weight excluding hydrogens is 438 g/mol. The summed E-state index contributed by atoms with van der Waals surface area (Å²) in [6.45, 7) is 1.12. The van der Waals surface area contributed by atoms with Gasteiger partial charge in [0, 0.05) is 17.1 Å². The van der Waals surface area contributed by atoms with E-state index >= 15 is 0 Å². The van der Waals surface area contributed by atoms with E-state index in [-0.39, 0.29) is 11.5 Å². The Morgan fingerprint density at radius 3 is 2.70 bits per heavy atom. The third-order valence-corrected chi connectivity index (χ3v) is 5.72. The van der Waals surface area contributed by atoms with E-state index in [1.807, 2.05) is 60.7 Å². The van der Waals surface area contributed by atoms with Crippen LogP contribution in [0.2, 0.25) is 5.02 Å². The highest BCUT2D eigenvalue weighted by molar-refractivity contribution is 6.30. The predicted molar refractivity (Wildman–Crippen MR) is 129 cm³/mol. The molecule has 0 bridgehead atoms. The van der Waals surface area contributed by atoms with E-state index in [4.69, 9.17) is 11.6 Å². The van der Waals surface area contributed by atoms with Crippen molar-refractivity contribution in [3.05, 3.63) is 106 Å². The molecule has 8 heteroatoms. The topological polar surface area (TPSA) is 81.8 Å². The third kappa shape index (κ3) is 4.36. The van der Waals surface area contributed by atoms with Crippen LogP contribution < -0.4 is 10.9 Å². The van der Waals surface area contributed by atoms with Crippen molar-refractivity contribution in [2.45, 2.75) is 13.1 Å². The van der Waals surface area contributed by atoms with Crippen molar-refractivity contribution in [2.75, 3.05) is 6.54 Å². The lowest BCUT2D eigenvalue weighted by Gasteiger charge is -2.08. The highest BCUT2D eigenvalue weighted by atomic mass is 35.5. The van der Waals surface area contributed by atoms with Crippen LogP contribution in [-0.2, 0) is 13.1 Å². The molecule has 7 nitrogen and oxygen atoms in total. The van der Waals surface area contributed by atoms with E-state index in [2.05, 4.69) is 15.4 Å². The summed E-state index contributed by atoms with van der Waals surface area (Å²) in [5.74, 6) is -0.158. The van der Waals surface area contributed by atoms with Crippen LogP contribution in [0.5, 0.6) is 0 Å². The lowest BCUT2D eigenvalue weighted by atomic mass is 10.1. The van der Waals surface area contributed by atoms with Gasteiger partial charge in [0.1, 0.15) is 11.7 Å². The molecule has 0 aliphatic heterocycles. The molecule has 1 N–H and O–H groups in total. The van der Waals surface area contributed by atoms with Gasteiger partial charge in [0.2, 0.25) is 0 Å². The number of rotatable bonds is 6. The van der Waals surface area contributed by atoms with Crippen molar-refractivity contribution in [1.29, 1.82) is 0 Å². The average Bonchev–Trinajstić information content (AvgIpc) is 3.24. The van der Waals surface area contributed by atoms with Crippen LogP contribution >= 0.6 is 11.6 Å². The van der Waals surface area contributed by atoms with Gasteiger partial charge in [-0.2, -0.15) is 5.10 Å². The number of hydrogen-bond acceptors (Lipinski definition) is 4. The summed E-state index contributed by atoms with van der Waals surface area (Å²) < 4.78 is 3.16. The van der Waals surface area contributed by atoms with Crippen LogP contribution in [0.3, 0.4) is 0 Å². The number of nitrogens with one attached hydrogen (secondary N) is 1. The van der Waals surface area contributed by atoms with Crippen LogP contribution in [0.15, 0.2) is 84.0 Å². The van der Waals surface area contributed by atoms with Crippen molar-refractivity contribution in [2.24, 2.45) is 0 Å². The zero-order valence-corrected chi connectivity index (χ0v) is 18.4. The van der Waals surface area contributed by atoms with Crippen molar-refractivity contribution in [1.82, 2.24) is 24.6 Å². The van der Waals surface area contributed by atoms with E-state index in [9.17, 15) is 9.59 Å². The normalized spacial score (nSPS) is 11.2. The van der Waals surface area contributed by atoms with Gasteiger partial charge in [-0.05, 0) is 40.6 Å². The molecule has 0 aliphatic carbocycles. The quantitative estimate of drug-likeness (QED) is 0.419. The summed E-state index contributed by atoms with van der Waals surface area (Å²) in [4.78, 5) is 29.9. The molecule has 0 aliphatic rings. The SMILES string of the molecule is O=C(NCCn1ncc2c(=O)n(Cc3cccc(Cl)c3)cnc21)c1ccc2ccccc2c1. The third-order valence-electron chi connectivity index (χ3n) is 5.49. The fourth-order valence-electron chi connectivity index (χ4n) is 3.81. The first kappa shape index (κ1) is 20.9. The van der Waals surface area contributed by atoms with Crippen LogP contribution in [0, 0.1) is 0 Å². The van der Waals surface area contributed by atoms with Crippen molar-refractivity contribution in [3.8, 4) is 0 Å². The molecular formula is C25H20ClN5O2. The summed E-state index contributed by atoms with van der Waals surface area (Å²) in [5, 5.41) is 10.4. The highest BCUT2D eigenvalue weighted by Crippen LogP contribution is 2.16. The Bertz CT molecular complexity index is 1540. The fourth-order valence-corrected chi connectivity index (χ4v) is 4.03. The van der Waals surface area contributed by atoms with Gasteiger partial charge in [0.25, 0.3) is 11.5 Å². The average molecular weight is 458 g/mol. The van der Waals surface area contributed by atoms with Gasteiger partial charge in [-0.1, -0.05) is 54.1 Å². The molecule has 5 aromatic rings. The van der Waals surface area contributed by atoms with E-state index in [0.717, 1.165) is 16.3 Å². The second-order valence-electron chi connectivity index (χ2n) is 7.73.